The summed E-state index contributed by atoms with van der Waals surface area (Å²) in [4.78, 5) is 37.0. The topological polar surface area (TPSA) is 87.7 Å². The first-order chi connectivity index (χ1) is 13.6. The molecule has 0 aliphatic carbocycles. The fraction of sp³-hybridized carbons (Fsp3) is 0.700. The second-order valence-corrected chi connectivity index (χ2v) is 7.47. The summed E-state index contributed by atoms with van der Waals surface area (Å²) in [7, 11) is 0. The van der Waals surface area contributed by atoms with Crippen LogP contribution in [0.4, 0.5) is 0 Å². The third-order valence-corrected chi connectivity index (χ3v) is 4.73. The standard InChI is InChI=1S/C20H33N5O3/c1-17(2)4-10-25(20(27)18-16-21-7-8-22-18)11-5-19(26)23-6-3-9-24-12-14-28-15-13-24/h7-8,16-17H,3-6,9-15H2,1-2H3,(H,23,26). The second-order valence-electron chi connectivity index (χ2n) is 7.47. The van der Waals surface area contributed by atoms with Crippen molar-refractivity contribution in [3.63, 3.8) is 0 Å². The lowest BCUT2D eigenvalue weighted by atomic mass is 10.1. The summed E-state index contributed by atoms with van der Waals surface area (Å²) in [6.07, 6.45) is 6.61. The average molecular weight is 392 g/mol. The summed E-state index contributed by atoms with van der Waals surface area (Å²) in [5.41, 5.74) is 0.317. The van der Waals surface area contributed by atoms with Crippen LogP contribution in [0.5, 0.6) is 0 Å². The third-order valence-electron chi connectivity index (χ3n) is 4.73. The van der Waals surface area contributed by atoms with E-state index in [-0.39, 0.29) is 11.8 Å². The Morgan fingerprint density at radius 3 is 2.71 bits per heavy atom. The number of amides is 2. The highest BCUT2D eigenvalue weighted by Crippen LogP contribution is 2.07. The quantitative estimate of drug-likeness (QED) is 0.570. The molecule has 1 aliphatic rings. The van der Waals surface area contributed by atoms with E-state index in [4.69, 9.17) is 4.74 Å². The van der Waals surface area contributed by atoms with Crippen LogP contribution in [0.2, 0.25) is 0 Å². The molecule has 1 saturated heterocycles. The summed E-state index contributed by atoms with van der Waals surface area (Å²) >= 11 is 0. The van der Waals surface area contributed by atoms with Crippen molar-refractivity contribution in [2.45, 2.75) is 33.1 Å². The van der Waals surface area contributed by atoms with E-state index in [0.29, 0.717) is 37.7 Å². The molecule has 156 valence electrons. The summed E-state index contributed by atoms with van der Waals surface area (Å²) in [6, 6.07) is 0. The first-order valence-electron chi connectivity index (χ1n) is 10.2. The van der Waals surface area contributed by atoms with Crippen molar-refractivity contribution in [2.75, 3.05) is 52.5 Å². The molecule has 1 aliphatic heterocycles. The van der Waals surface area contributed by atoms with Crippen molar-refractivity contribution in [3.8, 4) is 0 Å². The van der Waals surface area contributed by atoms with E-state index >= 15 is 0 Å². The van der Waals surface area contributed by atoms with Crippen LogP contribution in [0.25, 0.3) is 0 Å². The van der Waals surface area contributed by atoms with Gasteiger partial charge in [0, 0.05) is 51.5 Å². The first kappa shape index (κ1) is 22.2. The molecule has 0 bridgehead atoms. The molecule has 28 heavy (non-hydrogen) atoms. The highest BCUT2D eigenvalue weighted by Gasteiger charge is 2.18. The van der Waals surface area contributed by atoms with Gasteiger partial charge in [-0.2, -0.15) is 0 Å². The van der Waals surface area contributed by atoms with Gasteiger partial charge < -0.3 is 15.0 Å². The van der Waals surface area contributed by atoms with Crippen LogP contribution in [0.15, 0.2) is 18.6 Å². The van der Waals surface area contributed by atoms with Crippen LogP contribution >= 0.6 is 0 Å². The molecule has 0 spiro atoms. The van der Waals surface area contributed by atoms with E-state index in [0.717, 1.165) is 45.7 Å². The van der Waals surface area contributed by atoms with E-state index in [2.05, 4.69) is 34.0 Å². The number of rotatable bonds is 11. The van der Waals surface area contributed by atoms with Crippen LogP contribution in [0, 0.1) is 5.92 Å². The van der Waals surface area contributed by atoms with Gasteiger partial charge >= 0.3 is 0 Å². The SMILES string of the molecule is CC(C)CCN(CCC(=O)NCCCN1CCOCC1)C(=O)c1cnccn1. The number of aromatic nitrogens is 2. The molecule has 1 fully saturated rings. The highest BCUT2D eigenvalue weighted by molar-refractivity contribution is 5.92. The molecule has 0 aromatic carbocycles. The Morgan fingerprint density at radius 1 is 1.25 bits per heavy atom. The fourth-order valence-electron chi connectivity index (χ4n) is 2.98. The number of hydrogen-bond acceptors (Lipinski definition) is 6. The first-order valence-corrected chi connectivity index (χ1v) is 10.2. The molecule has 2 rings (SSSR count). The molecule has 8 heteroatoms. The van der Waals surface area contributed by atoms with Crippen molar-refractivity contribution in [3.05, 3.63) is 24.3 Å². The average Bonchev–Trinajstić information content (AvgIpc) is 2.72. The summed E-state index contributed by atoms with van der Waals surface area (Å²) < 4.78 is 5.33. The smallest absolute Gasteiger partial charge is 0.274 e. The van der Waals surface area contributed by atoms with Crippen molar-refractivity contribution >= 4 is 11.8 Å². The maximum Gasteiger partial charge on any atom is 0.274 e. The fourth-order valence-corrected chi connectivity index (χ4v) is 2.98. The lowest BCUT2D eigenvalue weighted by molar-refractivity contribution is -0.121. The number of ether oxygens (including phenoxy) is 1. The minimum Gasteiger partial charge on any atom is -0.379 e. The van der Waals surface area contributed by atoms with Gasteiger partial charge in [0.05, 0.1) is 19.4 Å². The van der Waals surface area contributed by atoms with Gasteiger partial charge in [0.1, 0.15) is 5.69 Å². The van der Waals surface area contributed by atoms with Gasteiger partial charge in [-0.1, -0.05) is 13.8 Å². The van der Waals surface area contributed by atoms with Gasteiger partial charge in [-0.15, -0.1) is 0 Å². The number of nitrogens with zero attached hydrogens (tertiary/aromatic N) is 4. The third kappa shape index (κ3) is 8.31. The highest BCUT2D eigenvalue weighted by atomic mass is 16.5. The molecule has 1 N–H and O–H groups in total. The molecule has 1 aromatic heterocycles. The number of nitrogens with one attached hydrogen (secondary N) is 1. The Hall–Kier alpha value is -2.06. The van der Waals surface area contributed by atoms with Gasteiger partial charge in [-0.25, -0.2) is 4.98 Å². The van der Waals surface area contributed by atoms with E-state index in [9.17, 15) is 9.59 Å². The summed E-state index contributed by atoms with van der Waals surface area (Å²) in [5.74, 6) is 0.281. The summed E-state index contributed by atoms with van der Waals surface area (Å²) in [6.45, 7) is 10.4. The normalized spacial score (nSPS) is 14.8. The minimum absolute atomic E-state index is 0.0246. The predicted molar refractivity (Wildman–Crippen MR) is 107 cm³/mol. The zero-order valence-corrected chi connectivity index (χ0v) is 17.1. The van der Waals surface area contributed by atoms with Crippen LogP contribution in [0.1, 0.15) is 43.6 Å². The molecule has 1 aromatic rings. The lowest BCUT2D eigenvalue weighted by Crippen LogP contribution is -2.39. The Kier molecular flexibility index (Phi) is 9.85. The monoisotopic (exact) mass is 391 g/mol. The van der Waals surface area contributed by atoms with Crippen LogP contribution in [-0.4, -0.2) is 84.1 Å². The molecule has 2 heterocycles. The van der Waals surface area contributed by atoms with Crippen molar-refractivity contribution in [1.29, 1.82) is 0 Å². The number of morpholine rings is 1. The van der Waals surface area contributed by atoms with Gasteiger partial charge in [0.25, 0.3) is 5.91 Å². The summed E-state index contributed by atoms with van der Waals surface area (Å²) in [5, 5.41) is 2.96. The Balaban J connectivity index is 1.72. The maximum absolute atomic E-state index is 12.7. The Labute approximate surface area is 167 Å². The van der Waals surface area contributed by atoms with Gasteiger partial charge in [-0.3, -0.25) is 19.5 Å². The van der Waals surface area contributed by atoms with Gasteiger partial charge in [0.2, 0.25) is 5.91 Å². The molecular formula is C20H33N5O3. The number of carbonyl (C=O) groups is 2. The van der Waals surface area contributed by atoms with Crippen LogP contribution in [-0.2, 0) is 9.53 Å². The molecule has 2 amide bonds. The van der Waals surface area contributed by atoms with E-state index in [1.54, 1.807) is 11.1 Å². The number of hydrogen-bond donors (Lipinski definition) is 1. The maximum atomic E-state index is 12.7. The van der Waals surface area contributed by atoms with Gasteiger partial charge in [-0.05, 0) is 25.3 Å². The molecule has 8 nitrogen and oxygen atoms in total. The van der Waals surface area contributed by atoms with E-state index < -0.39 is 0 Å². The minimum atomic E-state index is -0.172. The van der Waals surface area contributed by atoms with Crippen LogP contribution in [0.3, 0.4) is 0 Å². The second kappa shape index (κ2) is 12.4. The molecule has 0 saturated carbocycles. The van der Waals surface area contributed by atoms with Gasteiger partial charge in [0.15, 0.2) is 0 Å². The van der Waals surface area contributed by atoms with Crippen LogP contribution < -0.4 is 5.32 Å². The Bertz CT molecular complexity index is 591. The van der Waals surface area contributed by atoms with E-state index in [1.807, 2.05) is 0 Å². The molecular weight excluding hydrogens is 358 g/mol. The Morgan fingerprint density at radius 2 is 2.04 bits per heavy atom. The zero-order valence-electron chi connectivity index (χ0n) is 17.1. The van der Waals surface area contributed by atoms with Crippen molar-refractivity contribution in [2.24, 2.45) is 5.92 Å². The predicted octanol–water partition coefficient (Wildman–Crippen LogP) is 1.19. The zero-order chi connectivity index (χ0) is 20.2. The molecule has 0 atom stereocenters. The van der Waals surface area contributed by atoms with E-state index in [1.165, 1.54) is 12.4 Å². The molecule has 0 unspecified atom stereocenters. The van der Waals surface area contributed by atoms with Crippen molar-refractivity contribution < 1.29 is 14.3 Å². The lowest BCUT2D eigenvalue weighted by Gasteiger charge is -2.26. The van der Waals surface area contributed by atoms with Crippen molar-refractivity contribution in [1.82, 2.24) is 25.1 Å². The number of carbonyl (C=O) groups excluding carboxylic acids is 2. The molecule has 0 radical (unpaired) electrons. The largest absolute Gasteiger partial charge is 0.379 e.